The highest BCUT2D eigenvalue weighted by atomic mass is 16.5. The van der Waals surface area contributed by atoms with E-state index in [0.29, 0.717) is 24.5 Å². The Morgan fingerprint density at radius 1 is 1.25 bits per heavy atom. The Labute approximate surface area is 186 Å². The van der Waals surface area contributed by atoms with Crippen molar-refractivity contribution in [2.45, 2.75) is 45.4 Å². The number of H-pyrrole nitrogens is 1. The fourth-order valence-electron chi connectivity index (χ4n) is 4.22. The molecule has 0 fully saturated rings. The SMILES string of the molecule is CC(C)CC(C(=O)O)C(Cc1ccc(Oc2cccc3c2CCCN3)nc1)c1nn[nH]n1. The first-order valence-corrected chi connectivity index (χ1v) is 11.0. The number of hydrogen-bond acceptors (Lipinski definition) is 7. The van der Waals surface area contributed by atoms with Gasteiger partial charge in [-0.3, -0.25) is 4.79 Å². The summed E-state index contributed by atoms with van der Waals surface area (Å²) < 4.78 is 6.06. The first-order valence-electron chi connectivity index (χ1n) is 11.0. The van der Waals surface area contributed by atoms with Crippen molar-refractivity contribution in [2.75, 3.05) is 11.9 Å². The number of anilines is 1. The molecular formula is C23H28N6O3. The number of tetrazole rings is 1. The van der Waals surface area contributed by atoms with Gasteiger partial charge < -0.3 is 15.2 Å². The number of carboxylic acid groups (broad SMARTS) is 1. The van der Waals surface area contributed by atoms with Gasteiger partial charge in [-0.25, -0.2) is 4.98 Å². The van der Waals surface area contributed by atoms with Crippen LogP contribution in [0.5, 0.6) is 11.6 Å². The molecule has 0 aliphatic carbocycles. The molecule has 0 amide bonds. The number of rotatable bonds is 9. The highest BCUT2D eigenvalue weighted by Gasteiger charge is 2.33. The van der Waals surface area contributed by atoms with Crippen LogP contribution in [-0.2, 0) is 17.6 Å². The summed E-state index contributed by atoms with van der Waals surface area (Å²) in [6.07, 6.45) is 4.73. The number of fused-ring (bicyclic) bond motifs is 1. The van der Waals surface area contributed by atoms with Crippen LogP contribution in [0, 0.1) is 11.8 Å². The van der Waals surface area contributed by atoms with Gasteiger partial charge in [-0.05, 0) is 49.3 Å². The van der Waals surface area contributed by atoms with E-state index >= 15 is 0 Å². The quantitative estimate of drug-likeness (QED) is 0.462. The molecule has 1 aromatic carbocycles. The Balaban J connectivity index is 1.52. The fraction of sp³-hybridized carbons (Fsp3) is 0.435. The standard InChI is InChI=1S/C23H28N6O3/c1-14(2)11-18(23(30)31)17(22-26-28-29-27-22)12-15-8-9-21(25-13-15)32-20-7-3-6-19-16(20)5-4-10-24-19/h3,6-9,13-14,17-18,24H,4-5,10-12H2,1-2H3,(H,30,31)(H,26,27,28,29). The Hall–Kier alpha value is -3.49. The number of hydrogen-bond donors (Lipinski definition) is 3. The maximum absolute atomic E-state index is 12.0. The summed E-state index contributed by atoms with van der Waals surface area (Å²) in [4.78, 5) is 16.5. The van der Waals surface area contributed by atoms with Crippen molar-refractivity contribution in [3.8, 4) is 11.6 Å². The van der Waals surface area contributed by atoms with Crippen molar-refractivity contribution in [3.05, 3.63) is 53.5 Å². The van der Waals surface area contributed by atoms with Crippen molar-refractivity contribution < 1.29 is 14.6 Å². The zero-order valence-corrected chi connectivity index (χ0v) is 18.3. The van der Waals surface area contributed by atoms with Crippen LogP contribution < -0.4 is 10.1 Å². The van der Waals surface area contributed by atoms with Crippen LogP contribution in [0.2, 0.25) is 0 Å². The lowest BCUT2D eigenvalue weighted by Crippen LogP contribution is -2.26. The maximum Gasteiger partial charge on any atom is 0.307 e. The van der Waals surface area contributed by atoms with Gasteiger partial charge in [0.05, 0.1) is 5.92 Å². The number of carboxylic acids is 1. The molecule has 9 nitrogen and oxygen atoms in total. The monoisotopic (exact) mass is 436 g/mol. The first kappa shape index (κ1) is 21.7. The second kappa shape index (κ2) is 9.76. The van der Waals surface area contributed by atoms with Crippen LogP contribution in [0.25, 0.3) is 0 Å². The predicted molar refractivity (Wildman–Crippen MR) is 119 cm³/mol. The maximum atomic E-state index is 12.0. The molecule has 0 spiro atoms. The second-order valence-corrected chi connectivity index (χ2v) is 8.57. The molecule has 9 heteroatoms. The number of aromatic nitrogens is 5. The molecule has 3 N–H and O–H groups in total. The largest absolute Gasteiger partial charge is 0.481 e. The smallest absolute Gasteiger partial charge is 0.307 e. The molecule has 3 aromatic rings. The third-order valence-electron chi connectivity index (χ3n) is 5.74. The molecule has 0 saturated carbocycles. The van der Waals surface area contributed by atoms with Crippen LogP contribution >= 0.6 is 0 Å². The molecule has 1 aliphatic heterocycles. The molecule has 2 unspecified atom stereocenters. The van der Waals surface area contributed by atoms with Crippen molar-refractivity contribution in [1.82, 2.24) is 25.6 Å². The minimum Gasteiger partial charge on any atom is -0.481 e. The molecule has 1 aliphatic rings. The number of aliphatic carboxylic acids is 1. The van der Waals surface area contributed by atoms with E-state index in [-0.39, 0.29) is 5.92 Å². The zero-order valence-electron chi connectivity index (χ0n) is 18.3. The van der Waals surface area contributed by atoms with Crippen molar-refractivity contribution >= 4 is 11.7 Å². The van der Waals surface area contributed by atoms with Gasteiger partial charge in [0.15, 0.2) is 5.82 Å². The zero-order chi connectivity index (χ0) is 22.5. The third kappa shape index (κ3) is 5.04. The number of nitrogens with one attached hydrogen (secondary N) is 2. The minimum absolute atomic E-state index is 0.227. The summed E-state index contributed by atoms with van der Waals surface area (Å²) in [6, 6.07) is 9.72. The summed E-state index contributed by atoms with van der Waals surface area (Å²) in [5.41, 5.74) is 3.16. The molecule has 32 heavy (non-hydrogen) atoms. The van der Waals surface area contributed by atoms with Crippen molar-refractivity contribution in [1.29, 1.82) is 0 Å². The van der Waals surface area contributed by atoms with Gasteiger partial charge >= 0.3 is 5.97 Å². The summed E-state index contributed by atoms with van der Waals surface area (Å²) in [6.45, 7) is 4.99. The van der Waals surface area contributed by atoms with E-state index in [2.05, 4.69) is 37.0 Å². The number of carbonyl (C=O) groups is 1. The number of benzene rings is 1. The topological polar surface area (TPSA) is 126 Å². The number of pyridine rings is 1. The average molecular weight is 437 g/mol. The normalized spacial score (nSPS) is 15.0. The summed E-state index contributed by atoms with van der Waals surface area (Å²) in [7, 11) is 0. The van der Waals surface area contributed by atoms with Gasteiger partial charge in [0.1, 0.15) is 5.75 Å². The van der Waals surface area contributed by atoms with Gasteiger partial charge in [0.2, 0.25) is 5.88 Å². The van der Waals surface area contributed by atoms with Crippen LogP contribution in [-0.4, -0.2) is 43.2 Å². The Kier molecular flexibility index (Phi) is 6.63. The lowest BCUT2D eigenvalue weighted by atomic mass is 9.81. The third-order valence-corrected chi connectivity index (χ3v) is 5.74. The fourth-order valence-corrected chi connectivity index (χ4v) is 4.22. The average Bonchev–Trinajstić information content (AvgIpc) is 3.32. The molecule has 2 aromatic heterocycles. The minimum atomic E-state index is -0.858. The van der Waals surface area contributed by atoms with E-state index in [4.69, 9.17) is 4.74 Å². The van der Waals surface area contributed by atoms with Gasteiger partial charge in [-0.15, -0.1) is 10.2 Å². The van der Waals surface area contributed by atoms with Crippen LogP contribution in [0.1, 0.15) is 49.6 Å². The molecule has 3 heterocycles. The Bertz CT molecular complexity index is 1040. The van der Waals surface area contributed by atoms with Gasteiger partial charge in [0.25, 0.3) is 0 Å². The van der Waals surface area contributed by atoms with E-state index in [1.807, 2.05) is 38.1 Å². The highest BCUT2D eigenvalue weighted by molar-refractivity contribution is 5.71. The Morgan fingerprint density at radius 3 is 2.81 bits per heavy atom. The van der Waals surface area contributed by atoms with E-state index in [0.717, 1.165) is 36.4 Å². The first-order chi connectivity index (χ1) is 15.5. The molecule has 0 radical (unpaired) electrons. The molecular weight excluding hydrogens is 408 g/mol. The molecule has 0 bridgehead atoms. The van der Waals surface area contributed by atoms with Gasteiger partial charge in [0, 0.05) is 36.0 Å². The molecule has 168 valence electrons. The summed E-state index contributed by atoms with van der Waals surface area (Å²) in [5, 5.41) is 27.5. The van der Waals surface area contributed by atoms with Crippen LogP contribution in [0.4, 0.5) is 5.69 Å². The van der Waals surface area contributed by atoms with Crippen molar-refractivity contribution in [3.63, 3.8) is 0 Å². The van der Waals surface area contributed by atoms with Gasteiger partial charge in [-0.1, -0.05) is 31.2 Å². The molecule has 4 rings (SSSR count). The van der Waals surface area contributed by atoms with E-state index in [9.17, 15) is 9.90 Å². The van der Waals surface area contributed by atoms with E-state index in [1.54, 1.807) is 6.20 Å². The summed E-state index contributed by atoms with van der Waals surface area (Å²) >= 11 is 0. The van der Waals surface area contributed by atoms with Gasteiger partial charge in [-0.2, -0.15) is 5.21 Å². The lowest BCUT2D eigenvalue weighted by molar-refractivity contribution is -0.143. The van der Waals surface area contributed by atoms with Crippen LogP contribution in [0.15, 0.2) is 36.5 Å². The molecule has 2 atom stereocenters. The number of nitrogens with zero attached hydrogens (tertiary/aromatic N) is 4. The number of ether oxygens (including phenoxy) is 1. The molecule has 0 saturated heterocycles. The van der Waals surface area contributed by atoms with E-state index < -0.39 is 17.8 Å². The lowest BCUT2D eigenvalue weighted by Gasteiger charge is -2.23. The summed E-state index contributed by atoms with van der Waals surface area (Å²) in [5.74, 6) is 0.0564. The Morgan fingerprint density at radius 2 is 2.12 bits per heavy atom. The van der Waals surface area contributed by atoms with E-state index in [1.165, 1.54) is 5.56 Å². The predicted octanol–water partition coefficient (Wildman–Crippen LogP) is 3.82. The number of aromatic amines is 1. The highest BCUT2D eigenvalue weighted by Crippen LogP contribution is 2.34. The van der Waals surface area contributed by atoms with Crippen LogP contribution in [0.3, 0.4) is 0 Å². The second-order valence-electron chi connectivity index (χ2n) is 8.57. The van der Waals surface area contributed by atoms with Crippen molar-refractivity contribution in [2.24, 2.45) is 11.8 Å².